The molecule has 1 aromatic rings. The Morgan fingerprint density at radius 2 is 1.31 bits per heavy atom. The summed E-state index contributed by atoms with van der Waals surface area (Å²) in [6, 6.07) is 18.2. The third-order valence-corrected chi connectivity index (χ3v) is 1.60. The van der Waals surface area contributed by atoms with E-state index in [2.05, 4.69) is 24.4 Å². The Bertz CT molecular complexity index is 268. The molecule has 0 aromatic heterocycles. The van der Waals surface area contributed by atoms with Crippen molar-refractivity contribution in [2.24, 2.45) is 0 Å². The first kappa shape index (κ1) is 9.59. The lowest BCUT2D eigenvalue weighted by atomic mass is 10.3. The molecule has 0 radical (unpaired) electrons. The van der Waals surface area contributed by atoms with Gasteiger partial charge in [0, 0.05) is 12.2 Å². The number of nitrogens with one attached hydrogen (secondary N) is 1. The van der Waals surface area contributed by atoms with Crippen LogP contribution >= 0.6 is 0 Å². The molecule has 1 N–H and O–H groups in total. The summed E-state index contributed by atoms with van der Waals surface area (Å²) in [6.45, 7) is 3.04. The molecule has 0 amide bonds. The van der Waals surface area contributed by atoms with Crippen molar-refractivity contribution in [2.45, 2.75) is 6.92 Å². The summed E-state index contributed by atoms with van der Waals surface area (Å²) in [5, 5.41) is 3.27. The minimum atomic E-state index is 0.948. The predicted molar refractivity (Wildman–Crippen MR) is 58.2 cm³/mol. The van der Waals surface area contributed by atoms with Crippen LogP contribution in [0.3, 0.4) is 0 Å². The lowest BCUT2D eigenvalue weighted by molar-refractivity contribution is 1.21. The van der Waals surface area contributed by atoms with Gasteiger partial charge in [-0.05, 0) is 19.1 Å². The van der Waals surface area contributed by atoms with Crippen molar-refractivity contribution < 1.29 is 0 Å². The summed E-state index contributed by atoms with van der Waals surface area (Å²) in [7, 11) is 0. The predicted octanol–water partition coefficient (Wildman–Crippen LogP) is 3.24. The van der Waals surface area contributed by atoms with Gasteiger partial charge >= 0.3 is 0 Å². The van der Waals surface area contributed by atoms with Crippen LogP contribution in [-0.2, 0) is 0 Å². The van der Waals surface area contributed by atoms with E-state index in [1.54, 1.807) is 0 Å². The van der Waals surface area contributed by atoms with Crippen LogP contribution in [-0.4, -0.2) is 6.54 Å². The molecule has 0 saturated heterocycles. The molecule has 0 unspecified atom stereocenters. The Morgan fingerprint density at radius 3 is 1.77 bits per heavy atom. The van der Waals surface area contributed by atoms with Crippen LogP contribution in [0.4, 0.5) is 5.69 Å². The van der Waals surface area contributed by atoms with E-state index in [1.807, 2.05) is 42.5 Å². The Kier molecular flexibility index (Phi) is 4.47. The van der Waals surface area contributed by atoms with Crippen LogP contribution in [0.25, 0.3) is 0 Å². The van der Waals surface area contributed by atoms with Gasteiger partial charge in [-0.25, -0.2) is 0 Å². The van der Waals surface area contributed by atoms with E-state index in [0.29, 0.717) is 0 Å². The number of rotatable bonds is 2. The molecule has 1 heteroatoms. The fraction of sp³-hybridized carbons (Fsp3) is 0.167. The summed E-state index contributed by atoms with van der Waals surface area (Å²) in [6.07, 6.45) is 0. The lowest BCUT2D eigenvalue weighted by Gasteiger charge is -1.97. The maximum Gasteiger partial charge on any atom is 0.0340 e. The highest BCUT2D eigenvalue weighted by molar-refractivity contribution is 5.40. The van der Waals surface area contributed by atoms with E-state index in [0.717, 1.165) is 12.2 Å². The monoisotopic (exact) mass is 173 g/mol. The average molecular weight is 173 g/mol. The Balaban J connectivity index is 2.97. The molecule has 0 bridgehead atoms. The molecule has 68 valence electrons. The lowest BCUT2D eigenvalue weighted by Crippen LogP contribution is -1.94. The van der Waals surface area contributed by atoms with Crippen molar-refractivity contribution in [3.8, 4) is 0 Å². The minimum Gasteiger partial charge on any atom is -0.385 e. The molecule has 1 aromatic carbocycles. The fourth-order valence-electron chi connectivity index (χ4n) is 1.02. The van der Waals surface area contributed by atoms with Crippen molar-refractivity contribution in [3.63, 3.8) is 0 Å². The first-order valence-electron chi connectivity index (χ1n) is 4.55. The van der Waals surface area contributed by atoms with Gasteiger partial charge in [-0.3, -0.25) is 0 Å². The SMILES string of the molecule is CCNc1ccccccccc1. The minimum absolute atomic E-state index is 0.948. The van der Waals surface area contributed by atoms with Crippen LogP contribution in [0, 0.1) is 0 Å². The second-order valence-corrected chi connectivity index (χ2v) is 2.67. The summed E-state index contributed by atoms with van der Waals surface area (Å²) in [5.41, 5.74) is 1.14. The molecule has 0 saturated carbocycles. The Labute approximate surface area is 79.8 Å². The molecule has 0 fully saturated rings. The summed E-state index contributed by atoms with van der Waals surface area (Å²) >= 11 is 0. The van der Waals surface area contributed by atoms with Gasteiger partial charge < -0.3 is 5.32 Å². The topological polar surface area (TPSA) is 12.0 Å². The third-order valence-electron chi connectivity index (χ3n) is 1.60. The Hall–Kier alpha value is -1.50. The molecule has 1 nitrogen and oxygen atoms in total. The van der Waals surface area contributed by atoms with Crippen LogP contribution in [0.2, 0.25) is 0 Å². The molecule has 13 heavy (non-hydrogen) atoms. The average Bonchev–Trinajstić information content (AvgIpc) is 2.16. The highest BCUT2D eigenvalue weighted by Gasteiger charge is 1.79. The second kappa shape index (κ2) is 6.06. The maximum atomic E-state index is 3.27. The number of anilines is 1. The molecule has 1 rings (SSSR count). The zero-order valence-corrected chi connectivity index (χ0v) is 7.90. The number of hydrogen-bond donors (Lipinski definition) is 1. The standard InChI is InChI=1S/C12H15N/c1-2-13-12-10-8-6-4-3-5-7-9-11-12/h3-11,13H,2H2,1H3. The van der Waals surface area contributed by atoms with E-state index in [1.165, 1.54) is 0 Å². The zero-order valence-electron chi connectivity index (χ0n) is 7.90. The van der Waals surface area contributed by atoms with E-state index in [-0.39, 0.29) is 0 Å². The molecule has 0 aliphatic carbocycles. The van der Waals surface area contributed by atoms with Gasteiger partial charge in [0.15, 0.2) is 0 Å². The third kappa shape index (κ3) is 4.16. The molecular formula is C12H15N. The van der Waals surface area contributed by atoms with Gasteiger partial charge in [-0.1, -0.05) is 42.5 Å². The van der Waals surface area contributed by atoms with E-state index in [4.69, 9.17) is 0 Å². The van der Waals surface area contributed by atoms with E-state index in [9.17, 15) is 0 Å². The van der Waals surface area contributed by atoms with Gasteiger partial charge in [0.25, 0.3) is 0 Å². The molecule has 0 aliphatic rings. The molecule has 0 aliphatic heterocycles. The summed E-state index contributed by atoms with van der Waals surface area (Å²) in [4.78, 5) is 0. The van der Waals surface area contributed by atoms with E-state index < -0.39 is 0 Å². The molecule has 0 heterocycles. The van der Waals surface area contributed by atoms with Gasteiger partial charge in [0.1, 0.15) is 0 Å². The highest BCUT2D eigenvalue weighted by atomic mass is 14.8. The first-order valence-corrected chi connectivity index (χ1v) is 4.55. The zero-order chi connectivity index (χ0) is 9.36. The summed E-state index contributed by atoms with van der Waals surface area (Å²) in [5.74, 6) is 0. The first-order chi connectivity index (χ1) is 6.43. The quantitative estimate of drug-likeness (QED) is 0.724. The smallest absolute Gasteiger partial charge is 0.0340 e. The van der Waals surface area contributed by atoms with Crippen molar-refractivity contribution in [1.82, 2.24) is 0 Å². The van der Waals surface area contributed by atoms with Gasteiger partial charge in [-0.15, -0.1) is 0 Å². The van der Waals surface area contributed by atoms with Gasteiger partial charge in [0.05, 0.1) is 0 Å². The van der Waals surface area contributed by atoms with Crippen molar-refractivity contribution in [3.05, 3.63) is 54.6 Å². The van der Waals surface area contributed by atoms with Crippen LogP contribution < -0.4 is 5.32 Å². The Morgan fingerprint density at radius 1 is 0.846 bits per heavy atom. The normalized spacial score (nSPS) is 8.69. The van der Waals surface area contributed by atoms with Crippen molar-refractivity contribution in [2.75, 3.05) is 11.9 Å². The van der Waals surface area contributed by atoms with Crippen LogP contribution in [0.1, 0.15) is 6.92 Å². The van der Waals surface area contributed by atoms with Gasteiger partial charge in [-0.2, -0.15) is 0 Å². The number of hydrogen-bond acceptors (Lipinski definition) is 1. The molecule has 0 atom stereocenters. The fourth-order valence-corrected chi connectivity index (χ4v) is 1.02. The van der Waals surface area contributed by atoms with Gasteiger partial charge in [0.2, 0.25) is 0 Å². The molecule has 0 spiro atoms. The summed E-state index contributed by atoms with van der Waals surface area (Å²) < 4.78 is 0. The van der Waals surface area contributed by atoms with E-state index >= 15 is 0 Å². The largest absolute Gasteiger partial charge is 0.385 e. The molecular weight excluding hydrogens is 158 g/mol. The van der Waals surface area contributed by atoms with Crippen LogP contribution in [0.15, 0.2) is 54.6 Å². The van der Waals surface area contributed by atoms with Crippen LogP contribution in [0.5, 0.6) is 0 Å². The maximum absolute atomic E-state index is 3.27. The van der Waals surface area contributed by atoms with Crippen molar-refractivity contribution in [1.29, 1.82) is 0 Å². The highest BCUT2D eigenvalue weighted by Crippen LogP contribution is 2.00. The second-order valence-electron chi connectivity index (χ2n) is 2.67. The van der Waals surface area contributed by atoms with Crippen molar-refractivity contribution >= 4 is 5.69 Å².